The van der Waals surface area contributed by atoms with Gasteiger partial charge in [-0.15, -0.1) is 0 Å². The Morgan fingerprint density at radius 1 is 1.44 bits per heavy atom. The summed E-state index contributed by atoms with van der Waals surface area (Å²) in [6.45, 7) is 2.52. The topological polar surface area (TPSA) is 35.5 Å². The molecule has 0 aromatic heterocycles. The lowest BCUT2D eigenvalue weighted by Gasteiger charge is -2.16. The summed E-state index contributed by atoms with van der Waals surface area (Å²) in [4.78, 5) is 11.9. The predicted molar refractivity (Wildman–Crippen MR) is 72.1 cm³/mol. The van der Waals surface area contributed by atoms with Crippen LogP contribution in [0.1, 0.15) is 36.5 Å². The first kappa shape index (κ1) is 15.0. The van der Waals surface area contributed by atoms with Gasteiger partial charge in [0.25, 0.3) is 0 Å². The van der Waals surface area contributed by atoms with Crippen LogP contribution in [0, 0.1) is 0 Å². The SMILES string of the molecule is CCCCC(COC)OC(=O)c1cccc(Cl)c1. The minimum Gasteiger partial charge on any atom is -0.456 e. The number of halogens is 1. The van der Waals surface area contributed by atoms with Crippen molar-refractivity contribution in [1.82, 2.24) is 0 Å². The van der Waals surface area contributed by atoms with Crippen LogP contribution >= 0.6 is 11.6 Å². The smallest absolute Gasteiger partial charge is 0.338 e. The molecule has 1 atom stereocenters. The Labute approximate surface area is 113 Å². The fourth-order valence-corrected chi connectivity index (χ4v) is 1.82. The van der Waals surface area contributed by atoms with Gasteiger partial charge in [-0.05, 0) is 31.0 Å². The van der Waals surface area contributed by atoms with E-state index >= 15 is 0 Å². The van der Waals surface area contributed by atoms with Crippen molar-refractivity contribution in [2.75, 3.05) is 13.7 Å². The monoisotopic (exact) mass is 270 g/mol. The van der Waals surface area contributed by atoms with Gasteiger partial charge in [-0.1, -0.05) is 31.0 Å². The minimum absolute atomic E-state index is 0.193. The van der Waals surface area contributed by atoms with Crippen LogP contribution in [-0.2, 0) is 9.47 Å². The Balaban J connectivity index is 2.59. The van der Waals surface area contributed by atoms with Crippen molar-refractivity contribution >= 4 is 17.6 Å². The maximum absolute atomic E-state index is 11.9. The summed E-state index contributed by atoms with van der Waals surface area (Å²) in [5, 5.41) is 0.529. The van der Waals surface area contributed by atoms with Crippen molar-refractivity contribution in [1.29, 1.82) is 0 Å². The number of carbonyl (C=O) groups excluding carboxylic acids is 1. The molecule has 0 radical (unpaired) electrons. The molecule has 4 heteroatoms. The van der Waals surface area contributed by atoms with Crippen LogP contribution in [0.2, 0.25) is 5.02 Å². The van der Waals surface area contributed by atoms with Crippen LogP contribution in [0.3, 0.4) is 0 Å². The highest BCUT2D eigenvalue weighted by Crippen LogP contribution is 2.14. The van der Waals surface area contributed by atoms with E-state index in [1.165, 1.54) is 0 Å². The molecule has 0 bridgehead atoms. The molecule has 0 aliphatic rings. The van der Waals surface area contributed by atoms with E-state index in [9.17, 15) is 4.79 Å². The lowest BCUT2D eigenvalue weighted by Crippen LogP contribution is -2.23. The van der Waals surface area contributed by atoms with Crippen LogP contribution in [0.4, 0.5) is 0 Å². The average molecular weight is 271 g/mol. The van der Waals surface area contributed by atoms with Gasteiger partial charge in [-0.3, -0.25) is 0 Å². The largest absolute Gasteiger partial charge is 0.456 e. The Bertz CT molecular complexity index is 379. The second-order valence-corrected chi connectivity index (χ2v) is 4.57. The third kappa shape index (κ3) is 5.07. The van der Waals surface area contributed by atoms with Gasteiger partial charge < -0.3 is 9.47 Å². The fraction of sp³-hybridized carbons (Fsp3) is 0.500. The number of ether oxygens (including phenoxy) is 2. The highest BCUT2D eigenvalue weighted by atomic mass is 35.5. The number of methoxy groups -OCH3 is 1. The maximum Gasteiger partial charge on any atom is 0.338 e. The zero-order chi connectivity index (χ0) is 13.4. The molecule has 100 valence electrons. The Kier molecular flexibility index (Phi) is 6.76. The van der Waals surface area contributed by atoms with E-state index in [-0.39, 0.29) is 12.1 Å². The highest BCUT2D eigenvalue weighted by Gasteiger charge is 2.15. The van der Waals surface area contributed by atoms with Crippen LogP contribution in [-0.4, -0.2) is 25.8 Å². The number of hydrogen-bond acceptors (Lipinski definition) is 3. The molecular formula is C14H19ClO3. The van der Waals surface area contributed by atoms with Crippen molar-refractivity contribution in [3.63, 3.8) is 0 Å². The summed E-state index contributed by atoms with van der Waals surface area (Å²) in [6.07, 6.45) is 2.70. The van der Waals surface area contributed by atoms with Gasteiger partial charge in [0.1, 0.15) is 6.10 Å². The Morgan fingerprint density at radius 3 is 2.83 bits per heavy atom. The molecule has 0 spiro atoms. The van der Waals surface area contributed by atoms with Crippen molar-refractivity contribution in [2.24, 2.45) is 0 Å². The Morgan fingerprint density at radius 2 is 2.22 bits per heavy atom. The summed E-state index contributed by atoms with van der Waals surface area (Å²) in [5.41, 5.74) is 0.472. The van der Waals surface area contributed by atoms with Crippen LogP contribution in [0.5, 0.6) is 0 Å². The predicted octanol–water partition coefficient (Wildman–Crippen LogP) is 3.70. The molecule has 3 nitrogen and oxygen atoms in total. The molecule has 1 aromatic rings. The second-order valence-electron chi connectivity index (χ2n) is 4.14. The fourth-order valence-electron chi connectivity index (χ4n) is 1.63. The number of carbonyl (C=O) groups is 1. The summed E-state index contributed by atoms with van der Waals surface area (Å²) in [6, 6.07) is 6.75. The lowest BCUT2D eigenvalue weighted by atomic mass is 10.1. The third-order valence-electron chi connectivity index (χ3n) is 2.57. The molecular weight excluding hydrogens is 252 g/mol. The standard InChI is InChI=1S/C14H19ClO3/c1-3-4-8-13(10-17-2)18-14(16)11-6-5-7-12(15)9-11/h5-7,9,13H,3-4,8,10H2,1-2H3. The van der Waals surface area contributed by atoms with Gasteiger partial charge in [-0.25, -0.2) is 4.79 Å². The number of hydrogen-bond donors (Lipinski definition) is 0. The molecule has 0 aliphatic carbocycles. The van der Waals surface area contributed by atoms with Crippen molar-refractivity contribution in [2.45, 2.75) is 32.3 Å². The number of benzene rings is 1. The molecule has 1 aromatic carbocycles. The second kappa shape index (κ2) is 8.11. The number of unbranched alkanes of at least 4 members (excludes halogenated alkanes) is 1. The van der Waals surface area contributed by atoms with Crippen LogP contribution in [0.25, 0.3) is 0 Å². The van der Waals surface area contributed by atoms with Crippen molar-refractivity contribution < 1.29 is 14.3 Å². The molecule has 0 heterocycles. The molecule has 1 rings (SSSR count). The van der Waals surface area contributed by atoms with Gasteiger partial charge in [-0.2, -0.15) is 0 Å². The molecule has 0 aliphatic heterocycles. The zero-order valence-electron chi connectivity index (χ0n) is 10.8. The van der Waals surface area contributed by atoms with E-state index in [2.05, 4.69) is 6.92 Å². The minimum atomic E-state index is -0.351. The van der Waals surface area contributed by atoms with E-state index < -0.39 is 0 Å². The number of rotatable bonds is 7. The normalized spacial score (nSPS) is 12.2. The van der Waals surface area contributed by atoms with Gasteiger partial charge in [0.05, 0.1) is 12.2 Å². The zero-order valence-corrected chi connectivity index (χ0v) is 11.6. The molecule has 0 N–H and O–H groups in total. The van der Waals surface area contributed by atoms with Gasteiger partial charge >= 0.3 is 5.97 Å². The van der Waals surface area contributed by atoms with E-state index in [4.69, 9.17) is 21.1 Å². The first-order valence-electron chi connectivity index (χ1n) is 6.12. The first-order valence-corrected chi connectivity index (χ1v) is 6.50. The molecule has 1 unspecified atom stereocenters. The molecule has 0 saturated heterocycles. The maximum atomic E-state index is 11.9. The Hall–Kier alpha value is -1.06. The van der Waals surface area contributed by atoms with Crippen molar-refractivity contribution in [3.05, 3.63) is 34.9 Å². The van der Waals surface area contributed by atoms with Crippen molar-refractivity contribution in [3.8, 4) is 0 Å². The van der Waals surface area contributed by atoms with E-state index in [0.717, 1.165) is 19.3 Å². The summed E-state index contributed by atoms with van der Waals surface area (Å²) < 4.78 is 10.5. The summed E-state index contributed by atoms with van der Waals surface area (Å²) in [5.74, 6) is -0.351. The lowest BCUT2D eigenvalue weighted by molar-refractivity contribution is 0.00252. The highest BCUT2D eigenvalue weighted by molar-refractivity contribution is 6.30. The molecule has 0 fully saturated rings. The number of esters is 1. The molecule has 0 saturated carbocycles. The van der Waals surface area contributed by atoms with Gasteiger partial charge in [0, 0.05) is 12.1 Å². The van der Waals surface area contributed by atoms with Crippen LogP contribution in [0.15, 0.2) is 24.3 Å². The van der Waals surface area contributed by atoms with E-state index in [1.807, 2.05) is 0 Å². The molecule has 18 heavy (non-hydrogen) atoms. The average Bonchev–Trinajstić information content (AvgIpc) is 2.36. The molecule has 0 amide bonds. The van der Waals surface area contributed by atoms with E-state index in [1.54, 1.807) is 31.4 Å². The third-order valence-corrected chi connectivity index (χ3v) is 2.80. The summed E-state index contributed by atoms with van der Waals surface area (Å²) in [7, 11) is 1.60. The quantitative estimate of drug-likeness (QED) is 0.709. The van der Waals surface area contributed by atoms with Gasteiger partial charge in [0.15, 0.2) is 0 Å². The van der Waals surface area contributed by atoms with Gasteiger partial charge in [0.2, 0.25) is 0 Å². The summed E-state index contributed by atoms with van der Waals surface area (Å²) >= 11 is 5.84. The van der Waals surface area contributed by atoms with E-state index in [0.29, 0.717) is 17.2 Å². The first-order chi connectivity index (χ1) is 8.67. The van der Waals surface area contributed by atoms with Crippen LogP contribution < -0.4 is 0 Å².